The molecule has 102 valence electrons. The van der Waals surface area contributed by atoms with Crippen LogP contribution in [0.4, 0.5) is 0 Å². The summed E-state index contributed by atoms with van der Waals surface area (Å²) < 4.78 is 0. The summed E-state index contributed by atoms with van der Waals surface area (Å²) in [6, 6.07) is 0.741. The van der Waals surface area contributed by atoms with Crippen molar-refractivity contribution in [3.63, 3.8) is 0 Å². The van der Waals surface area contributed by atoms with Crippen LogP contribution in [0.5, 0.6) is 0 Å². The van der Waals surface area contributed by atoms with Crippen molar-refractivity contribution in [2.45, 2.75) is 71.3 Å². The molecule has 1 heteroatoms. The highest BCUT2D eigenvalue weighted by Gasteiger charge is 2.51. The average molecular weight is 247 g/mol. The molecule has 0 aromatic carbocycles. The number of rotatable bonds is 4. The van der Waals surface area contributed by atoms with Crippen molar-refractivity contribution in [2.75, 3.05) is 6.54 Å². The molecule has 0 saturated heterocycles. The van der Waals surface area contributed by atoms with Crippen LogP contribution in [0.15, 0.2) is 0 Å². The molecule has 5 fully saturated rings. The summed E-state index contributed by atoms with van der Waals surface area (Å²) in [5.74, 6) is 3.31. The summed E-state index contributed by atoms with van der Waals surface area (Å²) in [7, 11) is 0. The van der Waals surface area contributed by atoms with E-state index in [4.69, 9.17) is 0 Å². The second-order valence-electron chi connectivity index (χ2n) is 8.67. The summed E-state index contributed by atoms with van der Waals surface area (Å²) in [6.07, 6.45) is 12.3. The largest absolute Gasteiger partial charge is 0.313 e. The number of hydrogen-bond donors (Lipinski definition) is 1. The molecule has 0 heterocycles. The third-order valence-corrected chi connectivity index (χ3v) is 7.03. The van der Waals surface area contributed by atoms with E-state index in [-0.39, 0.29) is 0 Å². The zero-order chi connectivity index (χ0) is 12.4. The topological polar surface area (TPSA) is 12.0 Å². The number of nitrogens with one attached hydrogen (secondary N) is 1. The second-order valence-corrected chi connectivity index (χ2v) is 8.67. The Balaban J connectivity index is 1.41. The highest BCUT2D eigenvalue weighted by molar-refractivity contribution is 5.04. The molecule has 1 unspecified atom stereocenters. The molecule has 1 N–H and O–H groups in total. The summed E-state index contributed by atoms with van der Waals surface area (Å²) >= 11 is 0. The summed E-state index contributed by atoms with van der Waals surface area (Å²) in [5.41, 5.74) is 1.36. The summed E-state index contributed by atoms with van der Waals surface area (Å²) in [6.45, 7) is 6.21. The van der Waals surface area contributed by atoms with Gasteiger partial charge < -0.3 is 5.32 Å². The molecular formula is C17H29N. The molecule has 5 aliphatic rings. The minimum absolute atomic E-state index is 0.641. The van der Waals surface area contributed by atoms with E-state index in [2.05, 4.69) is 19.2 Å². The van der Waals surface area contributed by atoms with E-state index in [0.29, 0.717) is 10.8 Å². The van der Waals surface area contributed by atoms with Crippen LogP contribution in [0.3, 0.4) is 0 Å². The molecule has 0 aromatic rings. The van der Waals surface area contributed by atoms with Gasteiger partial charge in [0.05, 0.1) is 0 Å². The van der Waals surface area contributed by atoms with Gasteiger partial charge in [0.2, 0.25) is 0 Å². The average Bonchev–Trinajstić information content (AvgIpc) is 3.04. The van der Waals surface area contributed by atoms with Gasteiger partial charge in [0.1, 0.15) is 0 Å². The predicted molar refractivity (Wildman–Crippen MR) is 75.4 cm³/mol. The van der Waals surface area contributed by atoms with Gasteiger partial charge in [0.15, 0.2) is 0 Å². The Morgan fingerprint density at radius 1 is 1.00 bits per heavy atom. The van der Waals surface area contributed by atoms with Gasteiger partial charge in [-0.15, -0.1) is 0 Å². The van der Waals surface area contributed by atoms with Crippen molar-refractivity contribution < 1.29 is 0 Å². The van der Waals surface area contributed by atoms with Crippen molar-refractivity contribution >= 4 is 0 Å². The van der Waals surface area contributed by atoms with Crippen LogP contribution < -0.4 is 5.32 Å². The summed E-state index contributed by atoms with van der Waals surface area (Å²) in [5, 5.41) is 3.94. The van der Waals surface area contributed by atoms with Crippen molar-refractivity contribution in [2.24, 2.45) is 28.6 Å². The Bertz CT molecular complexity index is 306. The molecule has 0 radical (unpaired) electrons. The van der Waals surface area contributed by atoms with Crippen LogP contribution >= 0.6 is 0 Å². The smallest absolute Gasteiger partial charge is 0.00927 e. The third-order valence-electron chi connectivity index (χ3n) is 7.03. The zero-order valence-electron chi connectivity index (χ0n) is 12.2. The Morgan fingerprint density at radius 3 is 1.94 bits per heavy atom. The lowest BCUT2D eigenvalue weighted by molar-refractivity contribution is -0.0530. The van der Waals surface area contributed by atoms with Gasteiger partial charge in [-0.05, 0) is 86.9 Å². The zero-order valence-corrected chi connectivity index (χ0v) is 12.2. The monoisotopic (exact) mass is 247 g/mol. The van der Waals surface area contributed by atoms with Crippen LogP contribution in [0.1, 0.15) is 65.2 Å². The van der Waals surface area contributed by atoms with Crippen LogP contribution in [-0.2, 0) is 0 Å². The standard InChI is InChI=1S/C17H29N/c1-12(16(2)3-4-16)18-11-17-8-13-5-14(9-17)7-15(6-13)10-17/h12-15,18H,3-11H2,1-2H3. The van der Waals surface area contributed by atoms with Gasteiger partial charge in [-0.1, -0.05) is 6.92 Å². The SMILES string of the molecule is CC(NCC12CC3CC(CC(C3)C1)C2)C1(C)CC1. The minimum atomic E-state index is 0.641. The molecule has 5 rings (SSSR count). The Kier molecular flexibility index (Phi) is 2.45. The fraction of sp³-hybridized carbons (Fsp3) is 1.00. The Morgan fingerprint density at radius 2 is 1.50 bits per heavy atom. The van der Waals surface area contributed by atoms with Crippen molar-refractivity contribution in [3.8, 4) is 0 Å². The van der Waals surface area contributed by atoms with Gasteiger partial charge in [-0.25, -0.2) is 0 Å². The molecule has 1 atom stereocenters. The van der Waals surface area contributed by atoms with E-state index >= 15 is 0 Å². The summed E-state index contributed by atoms with van der Waals surface area (Å²) in [4.78, 5) is 0. The van der Waals surface area contributed by atoms with Crippen LogP contribution in [0, 0.1) is 28.6 Å². The molecule has 5 saturated carbocycles. The van der Waals surface area contributed by atoms with E-state index < -0.39 is 0 Å². The molecule has 18 heavy (non-hydrogen) atoms. The molecule has 0 aliphatic heterocycles. The van der Waals surface area contributed by atoms with E-state index in [1.165, 1.54) is 19.4 Å². The van der Waals surface area contributed by atoms with Crippen LogP contribution in [-0.4, -0.2) is 12.6 Å². The van der Waals surface area contributed by atoms with Gasteiger partial charge in [-0.2, -0.15) is 0 Å². The normalized spacial score (nSPS) is 49.3. The maximum atomic E-state index is 3.94. The van der Waals surface area contributed by atoms with E-state index in [1.54, 1.807) is 38.5 Å². The van der Waals surface area contributed by atoms with Crippen molar-refractivity contribution in [1.82, 2.24) is 5.32 Å². The first-order valence-electron chi connectivity index (χ1n) is 8.30. The second kappa shape index (κ2) is 3.75. The van der Waals surface area contributed by atoms with Crippen LogP contribution in [0.25, 0.3) is 0 Å². The lowest BCUT2D eigenvalue weighted by Gasteiger charge is -2.57. The lowest BCUT2D eigenvalue weighted by Crippen LogP contribution is -2.52. The highest BCUT2D eigenvalue weighted by atomic mass is 15.0. The van der Waals surface area contributed by atoms with Gasteiger partial charge >= 0.3 is 0 Å². The van der Waals surface area contributed by atoms with Crippen LogP contribution in [0.2, 0.25) is 0 Å². The van der Waals surface area contributed by atoms with Gasteiger partial charge in [0.25, 0.3) is 0 Å². The molecule has 1 nitrogen and oxygen atoms in total. The fourth-order valence-electron chi connectivity index (χ4n) is 5.75. The van der Waals surface area contributed by atoms with Crippen molar-refractivity contribution in [3.05, 3.63) is 0 Å². The predicted octanol–water partition coefficient (Wildman–Crippen LogP) is 3.98. The molecule has 0 spiro atoms. The molecule has 0 amide bonds. The molecule has 5 aliphatic carbocycles. The number of hydrogen-bond acceptors (Lipinski definition) is 1. The first-order valence-corrected chi connectivity index (χ1v) is 8.30. The first kappa shape index (κ1) is 11.8. The Hall–Kier alpha value is -0.0400. The van der Waals surface area contributed by atoms with E-state index in [9.17, 15) is 0 Å². The molecule has 0 aromatic heterocycles. The molecule has 4 bridgehead atoms. The lowest BCUT2D eigenvalue weighted by atomic mass is 9.49. The van der Waals surface area contributed by atoms with Crippen molar-refractivity contribution in [1.29, 1.82) is 0 Å². The quantitative estimate of drug-likeness (QED) is 0.792. The first-order chi connectivity index (χ1) is 8.57. The van der Waals surface area contributed by atoms with Gasteiger partial charge in [-0.3, -0.25) is 0 Å². The Labute approximate surface area is 112 Å². The maximum absolute atomic E-state index is 3.94. The van der Waals surface area contributed by atoms with E-state index in [1.807, 2.05) is 0 Å². The van der Waals surface area contributed by atoms with E-state index in [0.717, 1.165) is 23.8 Å². The minimum Gasteiger partial charge on any atom is -0.313 e. The fourth-order valence-corrected chi connectivity index (χ4v) is 5.75. The maximum Gasteiger partial charge on any atom is 0.00927 e. The third kappa shape index (κ3) is 1.85. The highest BCUT2D eigenvalue weighted by Crippen LogP contribution is 2.60. The molecular weight excluding hydrogens is 218 g/mol. The van der Waals surface area contributed by atoms with Gasteiger partial charge in [0, 0.05) is 12.6 Å².